The summed E-state index contributed by atoms with van der Waals surface area (Å²) in [5.74, 6) is 2.76. The van der Waals surface area contributed by atoms with Gasteiger partial charge in [0.2, 0.25) is 5.89 Å². The highest BCUT2D eigenvalue weighted by molar-refractivity contribution is 5.05. The molecule has 5 heteroatoms. The number of nitrogens with zero attached hydrogens (tertiary/aromatic N) is 2. The lowest BCUT2D eigenvalue weighted by molar-refractivity contribution is 0.185. The molecule has 2 saturated heterocycles. The van der Waals surface area contributed by atoms with Crippen LogP contribution >= 0.6 is 0 Å². The summed E-state index contributed by atoms with van der Waals surface area (Å²) in [6, 6.07) is 0. The van der Waals surface area contributed by atoms with E-state index >= 15 is 0 Å². The van der Waals surface area contributed by atoms with Gasteiger partial charge in [0.25, 0.3) is 0 Å². The molecular formula is C15H25N3O2. The van der Waals surface area contributed by atoms with E-state index in [1.54, 1.807) is 0 Å². The lowest BCUT2D eigenvalue weighted by Crippen LogP contribution is -2.41. The molecule has 0 spiro atoms. The van der Waals surface area contributed by atoms with Gasteiger partial charge in [0, 0.05) is 25.0 Å². The van der Waals surface area contributed by atoms with Gasteiger partial charge < -0.3 is 14.6 Å². The Bertz CT molecular complexity index is 432. The topological polar surface area (TPSA) is 60.2 Å². The average molecular weight is 279 g/mol. The van der Waals surface area contributed by atoms with E-state index < -0.39 is 0 Å². The molecule has 1 N–H and O–H groups in total. The molecule has 2 fully saturated rings. The largest absolute Gasteiger partial charge is 0.381 e. The van der Waals surface area contributed by atoms with Crippen LogP contribution in [0.3, 0.4) is 0 Å². The second-order valence-electron chi connectivity index (χ2n) is 6.71. The minimum absolute atomic E-state index is 0.0507. The number of rotatable bonds is 4. The summed E-state index contributed by atoms with van der Waals surface area (Å²) >= 11 is 0. The van der Waals surface area contributed by atoms with Gasteiger partial charge in [-0.3, -0.25) is 0 Å². The summed E-state index contributed by atoms with van der Waals surface area (Å²) in [4.78, 5) is 4.66. The minimum Gasteiger partial charge on any atom is -0.381 e. The molecule has 0 aliphatic carbocycles. The van der Waals surface area contributed by atoms with Crippen molar-refractivity contribution < 1.29 is 9.26 Å². The molecule has 0 amide bonds. The van der Waals surface area contributed by atoms with Crippen molar-refractivity contribution in [1.82, 2.24) is 15.5 Å². The molecule has 2 aliphatic rings. The summed E-state index contributed by atoms with van der Waals surface area (Å²) in [7, 11) is 0. The first kappa shape index (κ1) is 14.0. The number of ether oxygens (including phenoxy) is 1. The van der Waals surface area contributed by atoms with Crippen molar-refractivity contribution >= 4 is 0 Å². The Morgan fingerprint density at radius 1 is 1.35 bits per heavy atom. The highest BCUT2D eigenvalue weighted by Crippen LogP contribution is 2.34. The van der Waals surface area contributed by atoms with E-state index in [0.29, 0.717) is 11.8 Å². The number of hydrogen-bond donors (Lipinski definition) is 1. The maximum Gasteiger partial charge on any atom is 0.232 e. The van der Waals surface area contributed by atoms with Gasteiger partial charge in [-0.1, -0.05) is 19.0 Å². The summed E-state index contributed by atoms with van der Waals surface area (Å²) in [6.07, 6.45) is 4.45. The minimum atomic E-state index is -0.0507. The maximum atomic E-state index is 5.56. The van der Waals surface area contributed by atoms with Gasteiger partial charge in [0.15, 0.2) is 5.82 Å². The zero-order chi connectivity index (χ0) is 14.0. The Balaban J connectivity index is 1.67. The Kier molecular flexibility index (Phi) is 4.08. The first-order chi connectivity index (χ1) is 9.66. The fourth-order valence-electron chi connectivity index (χ4n) is 3.24. The second kappa shape index (κ2) is 5.82. The molecule has 1 aromatic rings. The highest BCUT2D eigenvalue weighted by atomic mass is 16.5. The van der Waals surface area contributed by atoms with Gasteiger partial charge in [0.05, 0.1) is 0 Å². The van der Waals surface area contributed by atoms with Crippen LogP contribution in [0.15, 0.2) is 4.52 Å². The van der Waals surface area contributed by atoms with Crippen LogP contribution in [0.1, 0.15) is 44.8 Å². The van der Waals surface area contributed by atoms with E-state index in [0.717, 1.165) is 50.9 Å². The predicted molar refractivity (Wildman–Crippen MR) is 75.5 cm³/mol. The van der Waals surface area contributed by atoms with Crippen LogP contribution in [-0.2, 0) is 16.6 Å². The SMILES string of the molecule is CC(C)(c1nc(CC2CCOC2)no1)C1CCCNC1. The van der Waals surface area contributed by atoms with Crippen LogP contribution in [0.4, 0.5) is 0 Å². The van der Waals surface area contributed by atoms with Crippen LogP contribution in [-0.4, -0.2) is 36.4 Å². The Morgan fingerprint density at radius 2 is 2.25 bits per heavy atom. The molecule has 3 heterocycles. The van der Waals surface area contributed by atoms with Crippen LogP contribution < -0.4 is 5.32 Å². The zero-order valence-electron chi connectivity index (χ0n) is 12.5. The van der Waals surface area contributed by atoms with Gasteiger partial charge in [0.1, 0.15) is 0 Å². The lowest BCUT2D eigenvalue weighted by Gasteiger charge is -2.34. The Morgan fingerprint density at radius 3 is 2.95 bits per heavy atom. The van der Waals surface area contributed by atoms with E-state index in [9.17, 15) is 0 Å². The smallest absolute Gasteiger partial charge is 0.232 e. The molecule has 2 aliphatic heterocycles. The third kappa shape index (κ3) is 2.88. The van der Waals surface area contributed by atoms with Gasteiger partial charge in [-0.2, -0.15) is 4.98 Å². The summed E-state index contributed by atoms with van der Waals surface area (Å²) in [5.41, 5.74) is -0.0507. The first-order valence-corrected chi connectivity index (χ1v) is 7.78. The van der Waals surface area contributed by atoms with Crippen molar-refractivity contribution in [3.8, 4) is 0 Å². The fraction of sp³-hybridized carbons (Fsp3) is 0.867. The molecule has 0 aromatic carbocycles. The van der Waals surface area contributed by atoms with Crippen LogP contribution in [0.2, 0.25) is 0 Å². The van der Waals surface area contributed by atoms with E-state index in [1.165, 1.54) is 12.8 Å². The van der Waals surface area contributed by atoms with Gasteiger partial charge >= 0.3 is 0 Å². The van der Waals surface area contributed by atoms with Crippen LogP contribution in [0.5, 0.6) is 0 Å². The molecule has 2 unspecified atom stereocenters. The van der Waals surface area contributed by atoms with Gasteiger partial charge in [-0.05, 0) is 44.2 Å². The van der Waals surface area contributed by atoms with E-state index in [2.05, 4.69) is 29.3 Å². The van der Waals surface area contributed by atoms with E-state index in [4.69, 9.17) is 9.26 Å². The standard InChI is InChI=1S/C15H25N3O2/c1-15(2,12-4-3-6-16-9-12)14-17-13(18-20-14)8-11-5-7-19-10-11/h11-12,16H,3-10H2,1-2H3. The quantitative estimate of drug-likeness (QED) is 0.912. The Labute approximate surface area is 120 Å². The van der Waals surface area contributed by atoms with Crippen molar-refractivity contribution in [2.75, 3.05) is 26.3 Å². The molecule has 1 aromatic heterocycles. The molecule has 0 bridgehead atoms. The van der Waals surface area contributed by atoms with Crippen molar-refractivity contribution in [3.05, 3.63) is 11.7 Å². The third-order valence-electron chi connectivity index (χ3n) is 4.83. The number of hydrogen-bond acceptors (Lipinski definition) is 5. The molecule has 0 radical (unpaired) electrons. The second-order valence-corrected chi connectivity index (χ2v) is 6.71. The zero-order valence-corrected chi connectivity index (χ0v) is 12.5. The molecule has 112 valence electrons. The van der Waals surface area contributed by atoms with Crippen LogP contribution in [0, 0.1) is 11.8 Å². The monoisotopic (exact) mass is 279 g/mol. The molecule has 20 heavy (non-hydrogen) atoms. The maximum absolute atomic E-state index is 5.56. The average Bonchev–Trinajstić information content (AvgIpc) is 3.12. The van der Waals surface area contributed by atoms with Crippen LogP contribution in [0.25, 0.3) is 0 Å². The number of piperidine rings is 1. The molecule has 2 atom stereocenters. The van der Waals surface area contributed by atoms with Crippen molar-refractivity contribution in [2.24, 2.45) is 11.8 Å². The molecule has 0 saturated carbocycles. The van der Waals surface area contributed by atoms with Gasteiger partial charge in [-0.25, -0.2) is 0 Å². The Hall–Kier alpha value is -0.940. The van der Waals surface area contributed by atoms with E-state index in [1.807, 2.05) is 0 Å². The number of nitrogens with one attached hydrogen (secondary N) is 1. The normalized spacial score (nSPS) is 27.9. The summed E-state index contributed by atoms with van der Waals surface area (Å²) in [6.45, 7) is 8.32. The molecule has 5 nitrogen and oxygen atoms in total. The van der Waals surface area contributed by atoms with Crippen molar-refractivity contribution in [3.63, 3.8) is 0 Å². The first-order valence-electron chi connectivity index (χ1n) is 7.78. The number of aromatic nitrogens is 2. The summed E-state index contributed by atoms with van der Waals surface area (Å²) in [5, 5.41) is 7.65. The van der Waals surface area contributed by atoms with Crippen molar-refractivity contribution in [2.45, 2.75) is 44.9 Å². The van der Waals surface area contributed by atoms with E-state index in [-0.39, 0.29) is 5.41 Å². The lowest BCUT2D eigenvalue weighted by atomic mass is 9.75. The fourth-order valence-corrected chi connectivity index (χ4v) is 3.24. The third-order valence-corrected chi connectivity index (χ3v) is 4.83. The molecular weight excluding hydrogens is 254 g/mol. The summed E-state index contributed by atoms with van der Waals surface area (Å²) < 4.78 is 11.0. The predicted octanol–water partition coefficient (Wildman–Crippen LogP) is 1.93. The van der Waals surface area contributed by atoms with Crippen molar-refractivity contribution in [1.29, 1.82) is 0 Å². The highest BCUT2D eigenvalue weighted by Gasteiger charge is 2.37. The molecule has 3 rings (SSSR count). The van der Waals surface area contributed by atoms with Gasteiger partial charge in [-0.15, -0.1) is 0 Å².